The normalized spacial score (nSPS) is 10.8. The molecule has 2 rings (SSSR count). The molecule has 0 saturated carbocycles. The van der Waals surface area contributed by atoms with E-state index in [0.29, 0.717) is 4.88 Å². The van der Waals surface area contributed by atoms with E-state index >= 15 is 0 Å². The second-order valence-corrected chi connectivity index (χ2v) is 7.96. The zero-order chi connectivity index (χ0) is 17.0. The van der Waals surface area contributed by atoms with E-state index in [-0.39, 0.29) is 30.3 Å². The van der Waals surface area contributed by atoms with Crippen LogP contribution < -0.4 is 27.2 Å². The molecule has 2 heterocycles. The third-order valence-corrected chi connectivity index (χ3v) is 4.33. The fourth-order valence-corrected chi connectivity index (χ4v) is 2.87. The Bertz CT molecular complexity index is 849. The van der Waals surface area contributed by atoms with E-state index in [0.717, 1.165) is 11.1 Å². The first-order valence-electron chi connectivity index (χ1n) is 6.60. The summed E-state index contributed by atoms with van der Waals surface area (Å²) < 4.78 is 23.5. The standard InChI is InChI=1S/C14H15N3O4S2.ClH/c1-10-5-6-13(22-10)12(18)9-17-7-3-4-11(8-17)14(19)15-16-23(2,20)21;/h3-8,16H,9H2,1-2H3;1H. The van der Waals surface area contributed by atoms with E-state index in [1.165, 1.54) is 23.6 Å². The van der Waals surface area contributed by atoms with Crippen molar-refractivity contribution in [2.75, 3.05) is 6.26 Å². The molecule has 0 spiro atoms. The third kappa shape index (κ3) is 6.00. The van der Waals surface area contributed by atoms with Crippen LogP contribution in [0, 0.1) is 6.92 Å². The van der Waals surface area contributed by atoms with Gasteiger partial charge in [0.15, 0.2) is 12.4 Å². The van der Waals surface area contributed by atoms with Crippen LogP contribution in [-0.2, 0) is 16.6 Å². The van der Waals surface area contributed by atoms with Crippen molar-refractivity contribution in [2.24, 2.45) is 0 Å². The molecule has 0 atom stereocenters. The SMILES string of the molecule is Cc1ccc(C(=O)C[n+]2cccc(C(=O)NNS(C)(=O)=O)c2)s1.[Cl-]. The zero-order valence-corrected chi connectivity index (χ0v) is 15.3. The maximum atomic E-state index is 12.2. The number of carbonyl (C=O) groups is 2. The number of hydrazine groups is 1. The summed E-state index contributed by atoms with van der Waals surface area (Å²) in [5, 5.41) is 0. The second-order valence-electron chi connectivity index (χ2n) is 4.93. The summed E-state index contributed by atoms with van der Waals surface area (Å²) in [5.41, 5.74) is 2.32. The number of Topliss-reactive ketones (excluding diaryl/α,β-unsaturated/α-hetero) is 1. The molecule has 24 heavy (non-hydrogen) atoms. The van der Waals surface area contributed by atoms with Crippen molar-refractivity contribution >= 4 is 33.1 Å². The van der Waals surface area contributed by atoms with Crippen molar-refractivity contribution in [3.05, 3.63) is 52.0 Å². The van der Waals surface area contributed by atoms with Gasteiger partial charge in [-0.15, -0.1) is 16.2 Å². The molecule has 2 N–H and O–H groups in total. The molecule has 2 aromatic heterocycles. The van der Waals surface area contributed by atoms with Gasteiger partial charge in [-0.3, -0.25) is 15.0 Å². The minimum Gasteiger partial charge on any atom is -1.00 e. The van der Waals surface area contributed by atoms with Gasteiger partial charge in [0.05, 0.1) is 11.1 Å². The van der Waals surface area contributed by atoms with E-state index in [2.05, 4.69) is 5.43 Å². The van der Waals surface area contributed by atoms with Gasteiger partial charge in [-0.05, 0) is 25.1 Å². The highest BCUT2D eigenvalue weighted by molar-refractivity contribution is 7.88. The van der Waals surface area contributed by atoms with Crippen LogP contribution in [0.5, 0.6) is 0 Å². The Morgan fingerprint density at radius 1 is 1.25 bits per heavy atom. The van der Waals surface area contributed by atoms with Crippen LogP contribution in [0.4, 0.5) is 0 Å². The third-order valence-electron chi connectivity index (χ3n) is 2.81. The van der Waals surface area contributed by atoms with E-state index < -0.39 is 15.9 Å². The summed E-state index contributed by atoms with van der Waals surface area (Å²) in [6, 6.07) is 6.79. The number of aromatic nitrogens is 1. The largest absolute Gasteiger partial charge is 1.00 e. The Hall–Kier alpha value is -1.81. The van der Waals surface area contributed by atoms with E-state index in [4.69, 9.17) is 0 Å². The molecule has 2 aromatic rings. The molecule has 0 radical (unpaired) electrons. The lowest BCUT2D eigenvalue weighted by Crippen LogP contribution is -3.00. The number of hydrogen-bond donors (Lipinski definition) is 2. The van der Waals surface area contributed by atoms with Crippen LogP contribution >= 0.6 is 11.3 Å². The maximum Gasteiger partial charge on any atom is 0.272 e. The van der Waals surface area contributed by atoms with Crippen LogP contribution in [0.3, 0.4) is 0 Å². The molecule has 1 amide bonds. The van der Waals surface area contributed by atoms with Crippen molar-refractivity contribution in [3.63, 3.8) is 0 Å². The molecule has 0 aliphatic rings. The molecule has 0 unspecified atom stereocenters. The average molecular weight is 390 g/mol. The number of halogens is 1. The maximum absolute atomic E-state index is 12.2. The molecular formula is C14H16ClN3O4S2. The van der Waals surface area contributed by atoms with Gasteiger partial charge in [-0.1, -0.05) is 0 Å². The lowest BCUT2D eigenvalue weighted by atomic mass is 10.2. The number of hydrogen-bond acceptors (Lipinski definition) is 5. The summed E-state index contributed by atoms with van der Waals surface area (Å²) >= 11 is 1.42. The fourth-order valence-electron chi connectivity index (χ4n) is 1.79. The second kappa shape index (κ2) is 8.34. The zero-order valence-electron chi connectivity index (χ0n) is 12.9. The molecule has 0 saturated heterocycles. The summed E-state index contributed by atoms with van der Waals surface area (Å²) in [7, 11) is -3.53. The smallest absolute Gasteiger partial charge is 0.272 e. The first-order chi connectivity index (χ1) is 10.7. The van der Waals surface area contributed by atoms with Crippen LogP contribution in [0.25, 0.3) is 0 Å². The predicted molar refractivity (Wildman–Crippen MR) is 85.5 cm³/mol. The van der Waals surface area contributed by atoms with E-state index in [1.54, 1.807) is 22.9 Å². The summed E-state index contributed by atoms with van der Waals surface area (Å²) in [6.45, 7) is 2.02. The minimum atomic E-state index is -3.53. The molecule has 7 nitrogen and oxygen atoms in total. The number of carbonyl (C=O) groups excluding carboxylic acids is 2. The van der Waals surface area contributed by atoms with Crippen molar-refractivity contribution in [3.8, 4) is 0 Å². The van der Waals surface area contributed by atoms with Gasteiger partial charge in [0.2, 0.25) is 22.4 Å². The van der Waals surface area contributed by atoms with Gasteiger partial charge in [0.1, 0.15) is 5.56 Å². The predicted octanol–water partition coefficient (Wildman–Crippen LogP) is -2.58. The number of amides is 1. The van der Waals surface area contributed by atoms with Gasteiger partial charge in [0, 0.05) is 10.9 Å². The lowest BCUT2D eigenvalue weighted by molar-refractivity contribution is -0.683. The lowest BCUT2D eigenvalue weighted by Gasteiger charge is -2.04. The fraction of sp³-hybridized carbons (Fsp3) is 0.214. The van der Waals surface area contributed by atoms with Crippen LogP contribution in [-0.4, -0.2) is 26.4 Å². The Kier molecular flexibility index (Phi) is 7.03. The number of ketones is 1. The van der Waals surface area contributed by atoms with Gasteiger partial charge < -0.3 is 12.4 Å². The molecule has 0 aliphatic heterocycles. The Labute approximate surface area is 150 Å². The topological polar surface area (TPSA) is 96.2 Å². The van der Waals surface area contributed by atoms with Gasteiger partial charge in [0.25, 0.3) is 5.91 Å². The number of sulfonamides is 1. The molecular weight excluding hydrogens is 374 g/mol. The number of aryl methyl sites for hydroxylation is 1. The van der Waals surface area contributed by atoms with Crippen LogP contribution in [0.1, 0.15) is 24.9 Å². The number of rotatable bonds is 6. The van der Waals surface area contributed by atoms with Gasteiger partial charge >= 0.3 is 0 Å². The number of pyridine rings is 1. The Balaban J connectivity index is 0.00000288. The summed E-state index contributed by atoms with van der Waals surface area (Å²) in [6.07, 6.45) is 4.08. The number of nitrogens with zero attached hydrogens (tertiary/aromatic N) is 1. The minimum absolute atomic E-state index is 0. The monoisotopic (exact) mass is 389 g/mol. The summed E-state index contributed by atoms with van der Waals surface area (Å²) in [4.78, 5) is 27.6. The first-order valence-corrected chi connectivity index (χ1v) is 9.31. The van der Waals surface area contributed by atoms with Gasteiger partial charge in [-0.2, -0.15) is 4.57 Å². The van der Waals surface area contributed by atoms with Crippen molar-refractivity contribution in [1.29, 1.82) is 0 Å². The van der Waals surface area contributed by atoms with E-state index in [9.17, 15) is 18.0 Å². The quantitative estimate of drug-likeness (QED) is 0.322. The molecule has 10 heteroatoms. The molecule has 0 aromatic carbocycles. The van der Waals surface area contributed by atoms with Crippen molar-refractivity contribution < 1.29 is 35.0 Å². The Morgan fingerprint density at radius 2 is 1.96 bits per heavy atom. The highest BCUT2D eigenvalue weighted by Crippen LogP contribution is 2.15. The molecule has 0 fully saturated rings. The van der Waals surface area contributed by atoms with Crippen LogP contribution in [0.2, 0.25) is 0 Å². The van der Waals surface area contributed by atoms with E-state index in [1.807, 2.05) is 17.8 Å². The Morgan fingerprint density at radius 3 is 2.54 bits per heavy atom. The average Bonchev–Trinajstić information content (AvgIpc) is 2.91. The highest BCUT2D eigenvalue weighted by atomic mass is 35.5. The van der Waals surface area contributed by atoms with Crippen molar-refractivity contribution in [1.82, 2.24) is 10.3 Å². The molecule has 0 bridgehead atoms. The molecule has 0 aliphatic carbocycles. The summed E-state index contributed by atoms with van der Waals surface area (Å²) in [5.74, 6) is -0.663. The number of thiophene rings is 1. The van der Waals surface area contributed by atoms with Gasteiger partial charge in [-0.25, -0.2) is 8.42 Å². The number of nitrogens with one attached hydrogen (secondary N) is 2. The van der Waals surface area contributed by atoms with Crippen LogP contribution in [0.15, 0.2) is 36.7 Å². The highest BCUT2D eigenvalue weighted by Gasteiger charge is 2.16. The van der Waals surface area contributed by atoms with Crippen molar-refractivity contribution in [2.45, 2.75) is 13.5 Å². The molecule has 130 valence electrons. The first kappa shape index (κ1) is 20.2.